The summed E-state index contributed by atoms with van der Waals surface area (Å²) >= 11 is 0. The summed E-state index contributed by atoms with van der Waals surface area (Å²) in [5, 5.41) is 15.0. The van der Waals surface area contributed by atoms with Crippen LogP contribution in [0.3, 0.4) is 0 Å². The third kappa shape index (κ3) is 3.79. The molecule has 2 aromatic heterocycles. The fraction of sp³-hybridized carbons (Fsp3) is 0.217. The number of hydrogen-bond acceptors (Lipinski definition) is 7. The van der Waals surface area contributed by atoms with E-state index in [1.807, 2.05) is 6.92 Å². The number of benzene rings is 1. The minimum Gasteiger partial charge on any atom is -0.507 e. The van der Waals surface area contributed by atoms with E-state index >= 15 is 0 Å². The van der Waals surface area contributed by atoms with E-state index in [0.29, 0.717) is 29.2 Å². The number of aryl methyl sites for hydroxylation is 1. The van der Waals surface area contributed by atoms with E-state index in [9.17, 15) is 14.7 Å². The van der Waals surface area contributed by atoms with Gasteiger partial charge in [-0.2, -0.15) is 0 Å². The summed E-state index contributed by atoms with van der Waals surface area (Å²) in [6.07, 6.45) is 4.01. The van der Waals surface area contributed by atoms with Gasteiger partial charge in [0.2, 0.25) is 0 Å². The molecule has 1 aliphatic rings. The first-order chi connectivity index (χ1) is 15.0. The molecule has 1 fully saturated rings. The molecule has 8 heteroatoms. The van der Waals surface area contributed by atoms with Crippen molar-refractivity contribution >= 4 is 23.3 Å². The predicted molar refractivity (Wildman–Crippen MR) is 112 cm³/mol. The summed E-state index contributed by atoms with van der Waals surface area (Å²) in [6, 6.07) is 10.8. The van der Waals surface area contributed by atoms with Crippen molar-refractivity contribution in [2.24, 2.45) is 0 Å². The van der Waals surface area contributed by atoms with Crippen molar-refractivity contribution in [3.05, 3.63) is 77.3 Å². The average Bonchev–Trinajstić information content (AvgIpc) is 3.33. The van der Waals surface area contributed by atoms with E-state index < -0.39 is 17.7 Å². The van der Waals surface area contributed by atoms with Gasteiger partial charge in [0.05, 0.1) is 18.2 Å². The Kier molecular flexibility index (Phi) is 5.53. The van der Waals surface area contributed by atoms with Crippen molar-refractivity contribution in [2.75, 3.05) is 11.5 Å². The molecule has 0 aliphatic carbocycles. The largest absolute Gasteiger partial charge is 0.507 e. The first-order valence-corrected chi connectivity index (χ1v) is 9.88. The van der Waals surface area contributed by atoms with Gasteiger partial charge in [0.25, 0.3) is 5.78 Å². The quantitative estimate of drug-likeness (QED) is 0.368. The SMILES string of the molecule is CCCOc1ccc(C(O)=C2C(=O)C(=O)N(c3cc(C)on3)[C@H]2c2cccnc2)cc1. The van der Waals surface area contributed by atoms with E-state index in [4.69, 9.17) is 9.26 Å². The van der Waals surface area contributed by atoms with Gasteiger partial charge in [0.15, 0.2) is 5.82 Å². The van der Waals surface area contributed by atoms with Crippen LogP contribution in [0.1, 0.15) is 36.3 Å². The van der Waals surface area contributed by atoms with Gasteiger partial charge >= 0.3 is 5.91 Å². The Morgan fingerprint density at radius 2 is 2.00 bits per heavy atom. The topological polar surface area (TPSA) is 106 Å². The van der Waals surface area contributed by atoms with Crippen LogP contribution in [0.2, 0.25) is 0 Å². The molecular formula is C23H21N3O5. The predicted octanol–water partition coefficient (Wildman–Crippen LogP) is 3.79. The minimum absolute atomic E-state index is 0.0409. The van der Waals surface area contributed by atoms with Crippen LogP contribution in [0.4, 0.5) is 5.82 Å². The number of carbonyl (C=O) groups is 2. The number of hydrogen-bond donors (Lipinski definition) is 1. The van der Waals surface area contributed by atoms with Crippen LogP contribution >= 0.6 is 0 Å². The lowest BCUT2D eigenvalue weighted by Gasteiger charge is -2.22. The molecule has 4 rings (SSSR count). The fourth-order valence-electron chi connectivity index (χ4n) is 3.47. The molecule has 0 unspecified atom stereocenters. The Hall–Kier alpha value is -3.94. The Morgan fingerprint density at radius 3 is 2.61 bits per heavy atom. The fourth-order valence-corrected chi connectivity index (χ4v) is 3.47. The van der Waals surface area contributed by atoms with Gasteiger partial charge in [-0.05, 0) is 49.2 Å². The van der Waals surface area contributed by atoms with E-state index in [1.54, 1.807) is 61.8 Å². The molecule has 0 saturated carbocycles. The highest BCUT2D eigenvalue weighted by atomic mass is 16.5. The maximum atomic E-state index is 13.0. The second-order valence-electron chi connectivity index (χ2n) is 7.12. The van der Waals surface area contributed by atoms with Crippen LogP contribution in [0, 0.1) is 6.92 Å². The molecule has 3 aromatic rings. The van der Waals surface area contributed by atoms with Crippen LogP contribution < -0.4 is 9.64 Å². The lowest BCUT2D eigenvalue weighted by molar-refractivity contribution is -0.132. The Morgan fingerprint density at radius 1 is 1.23 bits per heavy atom. The molecule has 1 aliphatic heterocycles. The van der Waals surface area contributed by atoms with Gasteiger partial charge in [-0.15, -0.1) is 0 Å². The first-order valence-electron chi connectivity index (χ1n) is 9.88. The third-order valence-electron chi connectivity index (χ3n) is 4.91. The summed E-state index contributed by atoms with van der Waals surface area (Å²) in [5.41, 5.74) is 0.916. The van der Waals surface area contributed by atoms with Gasteiger partial charge in [-0.1, -0.05) is 18.1 Å². The molecule has 158 valence electrons. The maximum absolute atomic E-state index is 13.0. The first kappa shape index (κ1) is 20.3. The number of ether oxygens (including phenoxy) is 1. The van der Waals surface area contributed by atoms with E-state index in [-0.39, 0.29) is 17.2 Å². The smallest absolute Gasteiger partial charge is 0.301 e. The number of amides is 1. The minimum atomic E-state index is -0.894. The van der Waals surface area contributed by atoms with Crippen molar-refractivity contribution in [1.82, 2.24) is 10.1 Å². The molecule has 1 saturated heterocycles. The number of pyridine rings is 1. The van der Waals surface area contributed by atoms with Crippen molar-refractivity contribution < 1.29 is 24.0 Å². The number of Topliss-reactive ketones (excluding diaryl/α,β-unsaturated/α-hetero) is 1. The normalized spacial score (nSPS) is 17.9. The number of nitrogens with zero attached hydrogens (tertiary/aromatic N) is 3. The Balaban J connectivity index is 1.82. The molecule has 3 heterocycles. The van der Waals surface area contributed by atoms with Crippen LogP contribution in [0.15, 0.2) is 65.0 Å². The highest BCUT2D eigenvalue weighted by molar-refractivity contribution is 6.51. The highest BCUT2D eigenvalue weighted by Crippen LogP contribution is 2.41. The number of aliphatic hydroxyl groups is 1. The monoisotopic (exact) mass is 419 g/mol. The number of rotatable bonds is 6. The zero-order chi connectivity index (χ0) is 22.0. The molecule has 0 radical (unpaired) electrons. The van der Waals surface area contributed by atoms with Crippen LogP contribution in [0.5, 0.6) is 5.75 Å². The molecule has 8 nitrogen and oxygen atoms in total. The summed E-state index contributed by atoms with van der Waals surface area (Å²) in [4.78, 5) is 31.2. The van der Waals surface area contributed by atoms with Gasteiger partial charge in [0, 0.05) is 24.0 Å². The number of aromatic nitrogens is 2. The maximum Gasteiger partial charge on any atom is 0.301 e. The van der Waals surface area contributed by atoms with E-state index in [0.717, 1.165) is 6.42 Å². The number of carbonyl (C=O) groups excluding carboxylic acids is 2. The van der Waals surface area contributed by atoms with Crippen LogP contribution in [-0.2, 0) is 9.59 Å². The highest BCUT2D eigenvalue weighted by Gasteiger charge is 2.48. The lowest BCUT2D eigenvalue weighted by atomic mass is 9.96. The van der Waals surface area contributed by atoms with Gasteiger partial charge < -0.3 is 14.4 Å². The molecule has 1 N–H and O–H groups in total. The van der Waals surface area contributed by atoms with Crippen molar-refractivity contribution in [3.8, 4) is 5.75 Å². The standard InChI is InChI=1S/C23H21N3O5/c1-3-11-30-17-8-6-15(7-9-17)21(27)19-20(16-5-4-10-24-13-16)26(23(29)22(19)28)18-12-14(2)31-25-18/h4-10,12-13,20,27H,3,11H2,1-2H3/t20-/m0/s1. The van der Waals surface area contributed by atoms with Gasteiger partial charge in [-0.25, -0.2) is 0 Å². The summed E-state index contributed by atoms with van der Waals surface area (Å²) in [6.45, 7) is 4.27. The number of ketones is 1. The van der Waals surface area contributed by atoms with Crippen molar-refractivity contribution in [3.63, 3.8) is 0 Å². The zero-order valence-electron chi connectivity index (χ0n) is 17.1. The molecule has 1 amide bonds. The number of anilines is 1. The zero-order valence-corrected chi connectivity index (χ0v) is 17.1. The van der Waals surface area contributed by atoms with Gasteiger partial charge in [0.1, 0.15) is 17.3 Å². The Bertz CT molecular complexity index is 1140. The molecule has 1 aromatic carbocycles. The van der Waals surface area contributed by atoms with E-state index in [1.165, 1.54) is 4.90 Å². The van der Waals surface area contributed by atoms with Crippen LogP contribution in [-0.4, -0.2) is 33.5 Å². The number of aliphatic hydroxyl groups excluding tert-OH is 1. The van der Waals surface area contributed by atoms with Crippen molar-refractivity contribution in [1.29, 1.82) is 0 Å². The molecule has 31 heavy (non-hydrogen) atoms. The summed E-state index contributed by atoms with van der Waals surface area (Å²) in [5.74, 6) is -0.553. The third-order valence-corrected chi connectivity index (χ3v) is 4.91. The second kappa shape index (κ2) is 8.43. The molecule has 1 atom stereocenters. The molecule has 0 bridgehead atoms. The Labute approximate surface area is 178 Å². The summed E-state index contributed by atoms with van der Waals surface area (Å²) in [7, 11) is 0. The molecule has 0 spiro atoms. The summed E-state index contributed by atoms with van der Waals surface area (Å²) < 4.78 is 10.7. The second-order valence-corrected chi connectivity index (χ2v) is 7.12. The molecular weight excluding hydrogens is 398 g/mol. The van der Waals surface area contributed by atoms with Crippen LogP contribution in [0.25, 0.3) is 5.76 Å². The van der Waals surface area contributed by atoms with Crippen molar-refractivity contribution in [2.45, 2.75) is 26.3 Å². The van der Waals surface area contributed by atoms with Gasteiger partial charge in [-0.3, -0.25) is 19.5 Å². The lowest BCUT2D eigenvalue weighted by Crippen LogP contribution is -2.29. The average molecular weight is 419 g/mol. The van der Waals surface area contributed by atoms with E-state index in [2.05, 4.69) is 10.1 Å².